The van der Waals surface area contributed by atoms with Crippen molar-refractivity contribution in [3.05, 3.63) is 23.9 Å². The number of piperidine rings is 1. The van der Waals surface area contributed by atoms with Crippen LogP contribution in [0.1, 0.15) is 45.1 Å². The summed E-state index contributed by atoms with van der Waals surface area (Å²) in [4.78, 5) is 22.2. The Bertz CT molecular complexity index is 615. The van der Waals surface area contributed by atoms with E-state index in [1.807, 2.05) is 19.1 Å². The molecule has 150 valence electrons. The van der Waals surface area contributed by atoms with Crippen LogP contribution in [0.5, 0.6) is 5.88 Å². The van der Waals surface area contributed by atoms with Crippen LogP contribution in [0.25, 0.3) is 0 Å². The first-order valence-electron chi connectivity index (χ1n) is 9.68. The molecule has 0 saturated carbocycles. The van der Waals surface area contributed by atoms with Crippen LogP contribution < -0.4 is 15.8 Å². The van der Waals surface area contributed by atoms with E-state index >= 15 is 0 Å². The molecule has 0 aromatic carbocycles. The van der Waals surface area contributed by atoms with E-state index in [9.17, 15) is 4.79 Å². The molecule has 8 nitrogen and oxygen atoms in total. The van der Waals surface area contributed by atoms with Crippen molar-refractivity contribution >= 4 is 12.1 Å². The van der Waals surface area contributed by atoms with Gasteiger partial charge in [-0.2, -0.15) is 0 Å². The molecule has 1 aromatic heterocycles. The molecule has 8 heteroatoms. The fourth-order valence-electron chi connectivity index (χ4n) is 2.83. The van der Waals surface area contributed by atoms with Crippen molar-refractivity contribution in [3.8, 4) is 5.88 Å². The van der Waals surface area contributed by atoms with Gasteiger partial charge in [0.15, 0.2) is 5.96 Å². The maximum Gasteiger partial charge on any atom is 0.409 e. The van der Waals surface area contributed by atoms with Crippen molar-refractivity contribution in [2.45, 2.75) is 52.1 Å². The monoisotopic (exact) mass is 377 g/mol. The smallest absolute Gasteiger partial charge is 0.409 e. The van der Waals surface area contributed by atoms with Crippen LogP contribution in [-0.4, -0.2) is 54.3 Å². The minimum absolute atomic E-state index is 0.202. The summed E-state index contributed by atoms with van der Waals surface area (Å²) < 4.78 is 10.8. The van der Waals surface area contributed by atoms with Crippen LogP contribution in [0.2, 0.25) is 0 Å². The Labute approximate surface area is 161 Å². The second kappa shape index (κ2) is 11.3. The maximum atomic E-state index is 11.7. The number of unbranched alkanes of at least 4 members (excludes halogenated alkanes) is 1. The minimum atomic E-state index is -0.246. The van der Waals surface area contributed by atoms with Crippen molar-refractivity contribution in [1.29, 1.82) is 0 Å². The van der Waals surface area contributed by atoms with Gasteiger partial charge in [0.25, 0.3) is 0 Å². The molecule has 0 unspecified atom stereocenters. The Kier molecular flexibility index (Phi) is 8.67. The average molecular weight is 377 g/mol. The zero-order valence-electron chi connectivity index (χ0n) is 16.3. The second-order valence-corrected chi connectivity index (χ2v) is 6.48. The number of guanidine groups is 1. The molecule has 0 bridgehead atoms. The zero-order chi connectivity index (χ0) is 19.5. The van der Waals surface area contributed by atoms with Crippen molar-refractivity contribution in [3.63, 3.8) is 0 Å². The number of ether oxygens (including phenoxy) is 2. The van der Waals surface area contributed by atoms with Crippen LogP contribution in [0, 0.1) is 0 Å². The van der Waals surface area contributed by atoms with Gasteiger partial charge < -0.3 is 25.4 Å². The highest BCUT2D eigenvalue weighted by molar-refractivity contribution is 5.78. The Morgan fingerprint density at radius 2 is 2.19 bits per heavy atom. The van der Waals surface area contributed by atoms with Crippen molar-refractivity contribution in [2.75, 3.05) is 26.3 Å². The van der Waals surface area contributed by atoms with Gasteiger partial charge in [0.2, 0.25) is 5.88 Å². The lowest BCUT2D eigenvalue weighted by Gasteiger charge is -2.31. The number of amides is 1. The van der Waals surface area contributed by atoms with E-state index in [0.717, 1.165) is 31.2 Å². The highest BCUT2D eigenvalue weighted by Crippen LogP contribution is 2.16. The second-order valence-electron chi connectivity index (χ2n) is 6.48. The Morgan fingerprint density at radius 1 is 1.41 bits per heavy atom. The van der Waals surface area contributed by atoms with Gasteiger partial charge >= 0.3 is 6.09 Å². The topological polar surface area (TPSA) is 102 Å². The van der Waals surface area contributed by atoms with Crippen LogP contribution in [0.3, 0.4) is 0 Å². The van der Waals surface area contributed by atoms with Crippen LogP contribution in [0.15, 0.2) is 23.3 Å². The zero-order valence-corrected chi connectivity index (χ0v) is 16.3. The first-order valence-corrected chi connectivity index (χ1v) is 9.68. The van der Waals surface area contributed by atoms with Crippen LogP contribution >= 0.6 is 0 Å². The van der Waals surface area contributed by atoms with E-state index in [1.54, 1.807) is 11.1 Å². The summed E-state index contributed by atoms with van der Waals surface area (Å²) in [7, 11) is 0. The largest absolute Gasteiger partial charge is 0.477 e. The molecule has 2 rings (SSSR count). The third-order valence-corrected chi connectivity index (χ3v) is 4.38. The first kappa shape index (κ1) is 20.8. The fraction of sp³-hybridized carbons (Fsp3) is 0.632. The predicted octanol–water partition coefficient (Wildman–Crippen LogP) is 2.29. The molecule has 0 atom stereocenters. The molecule has 3 N–H and O–H groups in total. The molecular weight excluding hydrogens is 346 g/mol. The molecule has 1 amide bonds. The summed E-state index contributed by atoms with van der Waals surface area (Å²) >= 11 is 0. The number of nitrogens with one attached hydrogen (secondary N) is 1. The number of aromatic nitrogens is 1. The van der Waals surface area contributed by atoms with Gasteiger partial charge in [0, 0.05) is 30.9 Å². The highest BCUT2D eigenvalue weighted by Gasteiger charge is 2.23. The standard InChI is InChI=1S/C19H31N5O3/c1-3-5-13-27-17-15(7-6-10-21-17)14-22-18(20)23-16-8-11-24(12-9-16)19(25)26-4-2/h6-7,10,16H,3-5,8-9,11-14H2,1-2H3,(H3,20,22,23). The Hall–Kier alpha value is -2.51. The lowest BCUT2D eigenvalue weighted by Crippen LogP contribution is -2.48. The van der Waals surface area contributed by atoms with Crippen molar-refractivity contribution < 1.29 is 14.3 Å². The molecule has 0 aliphatic carbocycles. The van der Waals surface area contributed by atoms with Crippen molar-refractivity contribution in [2.24, 2.45) is 10.7 Å². The number of pyridine rings is 1. The van der Waals surface area contributed by atoms with Gasteiger partial charge in [-0.25, -0.2) is 14.8 Å². The number of nitrogens with zero attached hydrogens (tertiary/aromatic N) is 3. The molecule has 1 saturated heterocycles. The first-order chi connectivity index (χ1) is 13.1. The number of aliphatic imine (C=N–C) groups is 1. The molecule has 1 aromatic rings. The van der Waals surface area contributed by atoms with Crippen molar-refractivity contribution in [1.82, 2.24) is 15.2 Å². The number of likely N-dealkylation sites (tertiary alicyclic amines) is 1. The number of carbonyl (C=O) groups is 1. The van der Waals surface area contributed by atoms with E-state index in [-0.39, 0.29) is 12.1 Å². The fourth-order valence-corrected chi connectivity index (χ4v) is 2.83. The lowest BCUT2D eigenvalue weighted by molar-refractivity contribution is 0.0963. The third kappa shape index (κ3) is 6.96. The van der Waals surface area contributed by atoms with Gasteiger partial charge in [0.1, 0.15) is 0 Å². The minimum Gasteiger partial charge on any atom is -0.477 e. The maximum absolute atomic E-state index is 11.7. The molecule has 2 heterocycles. The van der Waals surface area contributed by atoms with Gasteiger partial charge in [-0.3, -0.25) is 0 Å². The number of hydrogen-bond donors (Lipinski definition) is 2. The van der Waals surface area contributed by atoms with E-state index in [4.69, 9.17) is 15.2 Å². The molecule has 0 spiro atoms. The van der Waals surface area contributed by atoms with E-state index < -0.39 is 0 Å². The number of rotatable bonds is 8. The summed E-state index contributed by atoms with van der Waals surface area (Å²) in [6.07, 6.45) is 5.16. The summed E-state index contributed by atoms with van der Waals surface area (Å²) in [6, 6.07) is 4.02. The SMILES string of the molecule is CCCCOc1ncccc1CN=C(N)NC1CCN(C(=O)OCC)CC1. The number of nitrogens with two attached hydrogens (primary N) is 1. The summed E-state index contributed by atoms with van der Waals surface area (Å²) in [5.74, 6) is 1.01. The third-order valence-electron chi connectivity index (χ3n) is 4.38. The molecular formula is C19H31N5O3. The number of hydrogen-bond acceptors (Lipinski definition) is 5. The molecule has 1 aliphatic heterocycles. The predicted molar refractivity (Wildman–Crippen MR) is 105 cm³/mol. The van der Waals surface area contributed by atoms with Crippen LogP contribution in [-0.2, 0) is 11.3 Å². The molecule has 0 radical (unpaired) electrons. The van der Waals surface area contributed by atoms with Gasteiger partial charge in [-0.05, 0) is 32.3 Å². The molecule has 1 aliphatic rings. The van der Waals surface area contributed by atoms with Gasteiger partial charge in [-0.1, -0.05) is 19.4 Å². The molecule has 1 fully saturated rings. The Balaban J connectivity index is 1.81. The number of carbonyl (C=O) groups excluding carboxylic acids is 1. The van der Waals surface area contributed by atoms with Crippen LogP contribution in [0.4, 0.5) is 4.79 Å². The summed E-state index contributed by atoms with van der Waals surface area (Å²) in [5, 5.41) is 3.24. The van der Waals surface area contributed by atoms with E-state index in [0.29, 0.717) is 44.7 Å². The van der Waals surface area contributed by atoms with Gasteiger partial charge in [-0.15, -0.1) is 0 Å². The van der Waals surface area contributed by atoms with Gasteiger partial charge in [0.05, 0.1) is 19.8 Å². The Morgan fingerprint density at radius 3 is 2.89 bits per heavy atom. The lowest BCUT2D eigenvalue weighted by atomic mass is 10.1. The average Bonchev–Trinajstić information content (AvgIpc) is 2.68. The molecule has 27 heavy (non-hydrogen) atoms. The summed E-state index contributed by atoms with van der Waals surface area (Å²) in [6.45, 7) is 6.70. The normalized spacial score (nSPS) is 15.5. The summed E-state index contributed by atoms with van der Waals surface area (Å²) in [5.41, 5.74) is 6.95. The quantitative estimate of drug-likeness (QED) is 0.409. The van der Waals surface area contributed by atoms with E-state index in [1.165, 1.54) is 0 Å². The van der Waals surface area contributed by atoms with E-state index in [2.05, 4.69) is 22.2 Å². The highest BCUT2D eigenvalue weighted by atomic mass is 16.6.